The largest absolute Gasteiger partial charge is 0.416 e. The van der Waals surface area contributed by atoms with Gasteiger partial charge in [0.05, 0.1) is 23.7 Å². The van der Waals surface area contributed by atoms with E-state index in [1.54, 1.807) is 30.1 Å². The Morgan fingerprint density at radius 1 is 1.35 bits per heavy atom. The first-order valence-corrected chi connectivity index (χ1v) is 5.67. The fourth-order valence-corrected chi connectivity index (χ4v) is 1.67. The number of hydrogen-bond acceptors (Lipinski definition) is 2. The summed E-state index contributed by atoms with van der Waals surface area (Å²) >= 11 is 0. The molecule has 0 N–H and O–H groups in total. The number of alkyl halides is 3. The Kier molecular flexibility index (Phi) is 3.66. The van der Waals surface area contributed by atoms with Crippen molar-refractivity contribution < 1.29 is 13.2 Å². The van der Waals surface area contributed by atoms with Gasteiger partial charge in [-0.3, -0.25) is 10.00 Å². The predicted octanol–water partition coefficient (Wildman–Crippen LogP) is 2.75. The van der Waals surface area contributed by atoms with Crippen LogP contribution >= 0.6 is 0 Å². The van der Waals surface area contributed by atoms with Crippen molar-refractivity contribution in [2.24, 2.45) is 7.05 Å². The highest BCUT2D eigenvalue weighted by Crippen LogP contribution is 2.30. The maximum Gasteiger partial charge on any atom is 0.416 e. The fraction of sp³-hybridized carbons (Fsp3) is 0.231. The monoisotopic (exact) mass is 279 g/mol. The van der Waals surface area contributed by atoms with Crippen LogP contribution in [0, 0.1) is 11.3 Å². The van der Waals surface area contributed by atoms with Crippen LogP contribution < -0.4 is 5.32 Å². The summed E-state index contributed by atoms with van der Waals surface area (Å²) in [6, 6.07) is 6.58. The van der Waals surface area contributed by atoms with E-state index in [4.69, 9.17) is 5.26 Å². The predicted molar refractivity (Wildman–Crippen MR) is 64.9 cm³/mol. The zero-order chi connectivity index (χ0) is 14.8. The summed E-state index contributed by atoms with van der Waals surface area (Å²) in [6.45, 7) is 0.0373. The molecule has 0 aliphatic carbocycles. The molecular weight excluding hydrogens is 269 g/mol. The van der Waals surface area contributed by atoms with E-state index in [2.05, 4.69) is 10.4 Å². The van der Waals surface area contributed by atoms with Crippen LogP contribution in [-0.4, -0.2) is 9.78 Å². The minimum atomic E-state index is -4.48. The number of benzene rings is 1. The average Bonchev–Trinajstić information content (AvgIpc) is 2.81. The third kappa shape index (κ3) is 3.29. The number of rotatable bonds is 3. The summed E-state index contributed by atoms with van der Waals surface area (Å²) in [5, 5.41) is 16.9. The third-order valence-electron chi connectivity index (χ3n) is 2.57. The Morgan fingerprint density at radius 2 is 2.10 bits per heavy atom. The molecule has 1 aromatic carbocycles. The molecule has 2 aromatic rings. The molecule has 1 radical (unpaired) electrons. The van der Waals surface area contributed by atoms with E-state index in [9.17, 15) is 13.2 Å². The van der Waals surface area contributed by atoms with Gasteiger partial charge in [0, 0.05) is 19.3 Å². The maximum absolute atomic E-state index is 12.7. The van der Waals surface area contributed by atoms with E-state index in [-0.39, 0.29) is 12.1 Å². The molecule has 0 bridgehead atoms. The molecule has 7 heteroatoms. The highest BCUT2D eigenvalue weighted by molar-refractivity contribution is 5.39. The molecular formula is C13H10F3N4. The van der Waals surface area contributed by atoms with Crippen molar-refractivity contribution in [3.63, 3.8) is 0 Å². The molecule has 1 aromatic heterocycles. The first-order chi connectivity index (χ1) is 9.38. The molecule has 0 unspecified atom stereocenters. The molecule has 0 aliphatic rings. The van der Waals surface area contributed by atoms with Gasteiger partial charge in [-0.05, 0) is 23.8 Å². The first kappa shape index (κ1) is 13.9. The topological polar surface area (TPSA) is 55.7 Å². The zero-order valence-electron chi connectivity index (χ0n) is 10.5. The van der Waals surface area contributed by atoms with Gasteiger partial charge in [-0.2, -0.15) is 23.5 Å². The van der Waals surface area contributed by atoms with Crippen LogP contribution in [0.15, 0.2) is 30.5 Å². The SMILES string of the molecule is Cn1ccc([N]Cc2cc(C#N)cc(C(F)(F)F)c2)n1. The number of nitrogens with zero attached hydrogens (tertiary/aromatic N) is 4. The maximum atomic E-state index is 12.7. The number of aryl methyl sites for hydroxylation is 1. The Labute approximate surface area is 113 Å². The van der Waals surface area contributed by atoms with E-state index in [0.717, 1.165) is 12.1 Å². The van der Waals surface area contributed by atoms with Gasteiger partial charge < -0.3 is 0 Å². The summed E-state index contributed by atoms with van der Waals surface area (Å²) < 4.78 is 39.6. The molecule has 0 aliphatic heterocycles. The molecule has 2 rings (SSSR count). The van der Waals surface area contributed by atoms with Gasteiger partial charge in [-0.15, -0.1) is 0 Å². The minimum Gasteiger partial charge on any atom is -0.274 e. The molecule has 0 amide bonds. The molecule has 0 atom stereocenters. The summed E-state index contributed by atoms with van der Waals surface area (Å²) in [6.07, 6.45) is -2.79. The first-order valence-electron chi connectivity index (χ1n) is 5.67. The summed E-state index contributed by atoms with van der Waals surface area (Å²) in [7, 11) is 1.72. The fourth-order valence-electron chi connectivity index (χ4n) is 1.67. The average molecular weight is 279 g/mol. The van der Waals surface area contributed by atoms with Gasteiger partial charge in [0.1, 0.15) is 0 Å². The molecule has 20 heavy (non-hydrogen) atoms. The second kappa shape index (κ2) is 5.25. The Hall–Kier alpha value is -2.49. The smallest absolute Gasteiger partial charge is 0.274 e. The molecule has 4 nitrogen and oxygen atoms in total. The van der Waals surface area contributed by atoms with Gasteiger partial charge in [-0.1, -0.05) is 0 Å². The van der Waals surface area contributed by atoms with Crippen molar-refractivity contribution >= 4 is 5.82 Å². The normalized spacial score (nSPS) is 11.2. The lowest BCUT2D eigenvalue weighted by Crippen LogP contribution is -2.08. The second-order valence-electron chi connectivity index (χ2n) is 4.19. The van der Waals surface area contributed by atoms with E-state index in [1.165, 1.54) is 6.07 Å². The molecule has 1 heterocycles. The molecule has 0 spiro atoms. The number of hydrogen-bond donors (Lipinski definition) is 0. The number of aromatic nitrogens is 2. The summed E-state index contributed by atoms with van der Waals surface area (Å²) in [5.41, 5.74) is -0.559. The van der Waals surface area contributed by atoms with E-state index >= 15 is 0 Å². The Balaban J connectivity index is 2.21. The van der Waals surface area contributed by atoms with Gasteiger partial charge in [-0.25, -0.2) is 0 Å². The van der Waals surface area contributed by atoms with Gasteiger partial charge >= 0.3 is 6.18 Å². The van der Waals surface area contributed by atoms with Crippen molar-refractivity contribution in [2.45, 2.75) is 12.7 Å². The van der Waals surface area contributed by atoms with Crippen LogP contribution in [0.3, 0.4) is 0 Å². The van der Waals surface area contributed by atoms with E-state index in [1.807, 2.05) is 0 Å². The Morgan fingerprint density at radius 3 is 2.65 bits per heavy atom. The molecule has 0 saturated heterocycles. The van der Waals surface area contributed by atoms with Gasteiger partial charge in [0.15, 0.2) is 5.82 Å². The van der Waals surface area contributed by atoms with Crippen molar-refractivity contribution in [3.05, 3.63) is 47.2 Å². The quantitative estimate of drug-likeness (QED) is 0.867. The number of halogens is 3. The van der Waals surface area contributed by atoms with Gasteiger partial charge in [0.25, 0.3) is 0 Å². The lowest BCUT2D eigenvalue weighted by molar-refractivity contribution is -0.137. The third-order valence-corrected chi connectivity index (χ3v) is 2.57. The highest BCUT2D eigenvalue weighted by atomic mass is 19.4. The summed E-state index contributed by atoms with van der Waals surface area (Å²) in [5.74, 6) is 0.434. The van der Waals surface area contributed by atoms with Crippen molar-refractivity contribution in [2.75, 3.05) is 0 Å². The lowest BCUT2D eigenvalue weighted by atomic mass is 10.1. The van der Waals surface area contributed by atoms with Crippen molar-refractivity contribution in [1.29, 1.82) is 5.26 Å². The second-order valence-corrected chi connectivity index (χ2v) is 4.19. The van der Waals surface area contributed by atoms with Crippen molar-refractivity contribution in [1.82, 2.24) is 15.1 Å². The lowest BCUT2D eigenvalue weighted by Gasteiger charge is -2.09. The number of nitriles is 1. The van der Waals surface area contributed by atoms with Crippen LogP contribution in [0.5, 0.6) is 0 Å². The van der Waals surface area contributed by atoms with Crippen LogP contribution in [-0.2, 0) is 19.8 Å². The summed E-state index contributed by atoms with van der Waals surface area (Å²) in [4.78, 5) is 0. The van der Waals surface area contributed by atoms with Crippen LogP contribution in [0.4, 0.5) is 19.0 Å². The van der Waals surface area contributed by atoms with Gasteiger partial charge in [0.2, 0.25) is 0 Å². The van der Waals surface area contributed by atoms with Crippen LogP contribution in [0.25, 0.3) is 0 Å². The zero-order valence-corrected chi connectivity index (χ0v) is 10.5. The van der Waals surface area contributed by atoms with Crippen LogP contribution in [0.1, 0.15) is 16.7 Å². The molecule has 103 valence electrons. The van der Waals surface area contributed by atoms with E-state index < -0.39 is 11.7 Å². The standard InChI is InChI=1S/C13H10F3N4/c1-20-3-2-12(19-20)18-8-10-4-9(7-17)5-11(6-10)13(14,15)16/h2-6H,8H2,1H3. The highest BCUT2D eigenvalue weighted by Gasteiger charge is 2.31. The molecule has 0 fully saturated rings. The Bertz CT molecular complexity index is 652. The van der Waals surface area contributed by atoms with Crippen LogP contribution in [0.2, 0.25) is 0 Å². The molecule has 0 saturated carbocycles. The minimum absolute atomic E-state index is 0.0361. The van der Waals surface area contributed by atoms with E-state index in [0.29, 0.717) is 11.4 Å². The van der Waals surface area contributed by atoms with Crippen molar-refractivity contribution in [3.8, 4) is 6.07 Å².